The zero-order valence-corrected chi connectivity index (χ0v) is 11.6. The highest BCUT2D eigenvalue weighted by Gasteiger charge is 2.28. The number of anilines is 1. The summed E-state index contributed by atoms with van der Waals surface area (Å²) in [6, 6.07) is 1.96. The minimum atomic E-state index is -0.138. The monoisotopic (exact) mass is 274 g/mol. The van der Waals surface area contributed by atoms with Gasteiger partial charge >= 0.3 is 0 Å². The van der Waals surface area contributed by atoms with Gasteiger partial charge in [0, 0.05) is 25.2 Å². The third kappa shape index (κ3) is 3.03. The minimum Gasteiger partial charge on any atom is -0.372 e. The molecule has 1 fully saturated rings. The molecule has 3 nitrogen and oxygen atoms in total. The van der Waals surface area contributed by atoms with Crippen LogP contribution in [0.5, 0.6) is 0 Å². The van der Waals surface area contributed by atoms with E-state index in [1.165, 1.54) is 0 Å². The van der Waals surface area contributed by atoms with Crippen molar-refractivity contribution in [3.8, 4) is 0 Å². The fourth-order valence-corrected chi connectivity index (χ4v) is 2.41. The van der Waals surface area contributed by atoms with Crippen molar-refractivity contribution in [3.63, 3.8) is 0 Å². The highest BCUT2D eigenvalue weighted by Crippen LogP contribution is 2.25. The van der Waals surface area contributed by atoms with Gasteiger partial charge in [0.2, 0.25) is 0 Å². The summed E-state index contributed by atoms with van der Waals surface area (Å²) < 4.78 is 5.68. The number of halogens is 2. The summed E-state index contributed by atoms with van der Waals surface area (Å²) in [5.41, 5.74) is 0.781. The number of aromatic nitrogens is 1. The van der Waals surface area contributed by atoms with E-state index in [-0.39, 0.29) is 5.60 Å². The van der Waals surface area contributed by atoms with Gasteiger partial charge in [0.15, 0.2) is 0 Å². The lowest BCUT2D eigenvalue weighted by molar-refractivity contribution is -0.0279. The van der Waals surface area contributed by atoms with E-state index in [0.29, 0.717) is 17.5 Å². The number of hydrogen-bond acceptors (Lipinski definition) is 3. The molecule has 0 amide bonds. The van der Waals surface area contributed by atoms with Gasteiger partial charge < -0.3 is 9.64 Å². The van der Waals surface area contributed by atoms with Crippen LogP contribution in [0, 0.1) is 0 Å². The molecule has 2 heterocycles. The Kier molecular flexibility index (Phi) is 3.81. The number of rotatable bonds is 2. The fraction of sp³-hybridized carbons (Fsp3) is 0.583. The van der Waals surface area contributed by atoms with E-state index in [1.807, 2.05) is 6.07 Å². The van der Waals surface area contributed by atoms with E-state index in [2.05, 4.69) is 23.7 Å². The van der Waals surface area contributed by atoms with Crippen LogP contribution in [0.1, 0.15) is 19.4 Å². The van der Waals surface area contributed by atoms with Crippen molar-refractivity contribution in [3.05, 3.63) is 22.8 Å². The van der Waals surface area contributed by atoms with Crippen LogP contribution in [-0.4, -0.2) is 30.3 Å². The zero-order valence-electron chi connectivity index (χ0n) is 10.0. The Balaban J connectivity index is 2.22. The summed E-state index contributed by atoms with van der Waals surface area (Å²) in [5, 5.41) is 0.622. The van der Waals surface area contributed by atoms with Crippen LogP contribution >= 0.6 is 23.2 Å². The Morgan fingerprint density at radius 3 is 2.94 bits per heavy atom. The second-order valence-corrected chi connectivity index (χ2v) is 5.47. The fourth-order valence-electron chi connectivity index (χ4n) is 1.96. The molecule has 1 aromatic heterocycles. The molecule has 0 aliphatic carbocycles. The Labute approximate surface area is 112 Å². The molecule has 94 valence electrons. The Morgan fingerprint density at radius 2 is 2.29 bits per heavy atom. The first kappa shape index (κ1) is 12.9. The summed E-state index contributed by atoms with van der Waals surface area (Å²) in [7, 11) is 0. The van der Waals surface area contributed by atoms with Gasteiger partial charge in [-0.15, -0.1) is 11.6 Å². The molecule has 0 atom stereocenters. The topological polar surface area (TPSA) is 25.4 Å². The van der Waals surface area contributed by atoms with Crippen molar-refractivity contribution in [2.24, 2.45) is 0 Å². The third-order valence-corrected chi connectivity index (χ3v) is 3.44. The quantitative estimate of drug-likeness (QED) is 0.775. The highest BCUT2D eigenvalue weighted by molar-refractivity contribution is 6.32. The first-order valence-corrected chi connectivity index (χ1v) is 6.52. The van der Waals surface area contributed by atoms with E-state index in [9.17, 15) is 0 Å². The van der Waals surface area contributed by atoms with Gasteiger partial charge in [-0.1, -0.05) is 11.6 Å². The van der Waals surface area contributed by atoms with Gasteiger partial charge in [-0.05, 0) is 25.5 Å². The molecule has 0 spiro atoms. The maximum Gasteiger partial charge on any atom is 0.129 e. The number of pyridine rings is 1. The van der Waals surface area contributed by atoms with Crippen molar-refractivity contribution in [2.45, 2.75) is 25.3 Å². The molecule has 0 unspecified atom stereocenters. The predicted molar refractivity (Wildman–Crippen MR) is 71.0 cm³/mol. The number of nitrogens with zero attached hydrogens (tertiary/aromatic N) is 2. The molecule has 0 radical (unpaired) electrons. The van der Waals surface area contributed by atoms with Gasteiger partial charge in [-0.3, -0.25) is 0 Å². The smallest absolute Gasteiger partial charge is 0.129 e. The van der Waals surface area contributed by atoms with Gasteiger partial charge in [0.25, 0.3) is 0 Å². The molecule has 1 aliphatic heterocycles. The van der Waals surface area contributed by atoms with E-state index in [4.69, 9.17) is 27.9 Å². The predicted octanol–water partition coefficient (Wildman–Crippen LogP) is 3.09. The molecule has 0 N–H and O–H groups in total. The lowest BCUT2D eigenvalue weighted by atomic mass is 10.1. The molecular formula is C12H16Cl2N2O. The first-order chi connectivity index (χ1) is 8.02. The molecule has 1 aliphatic rings. The maximum atomic E-state index is 6.00. The average molecular weight is 275 g/mol. The summed E-state index contributed by atoms with van der Waals surface area (Å²) in [5.74, 6) is 1.32. The maximum absolute atomic E-state index is 6.00. The lowest BCUT2D eigenvalue weighted by Gasteiger charge is -2.38. The SMILES string of the molecule is CC1(C)CN(c2cc(CCl)c(Cl)cn2)CCO1. The molecular weight excluding hydrogens is 259 g/mol. The van der Waals surface area contributed by atoms with Crippen molar-refractivity contribution in [1.29, 1.82) is 0 Å². The molecule has 1 aromatic rings. The zero-order chi connectivity index (χ0) is 12.5. The number of ether oxygens (including phenoxy) is 1. The van der Waals surface area contributed by atoms with Crippen LogP contribution < -0.4 is 4.90 Å². The standard InChI is InChI=1S/C12H16Cl2N2O/c1-12(2)8-16(3-4-17-12)11-5-9(6-13)10(14)7-15-11/h5,7H,3-4,6,8H2,1-2H3. The Hall–Kier alpha value is -0.510. The van der Waals surface area contributed by atoms with Crippen LogP contribution in [0.2, 0.25) is 5.02 Å². The second-order valence-electron chi connectivity index (χ2n) is 4.80. The molecule has 1 saturated heterocycles. The van der Waals surface area contributed by atoms with E-state index in [1.54, 1.807) is 6.20 Å². The van der Waals surface area contributed by atoms with Gasteiger partial charge in [0.1, 0.15) is 5.82 Å². The van der Waals surface area contributed by atoms with Gasteiger partial charge in [-0.2, -0.15) is 0 Å². The van der Waals surface area contributed by atoms with E-state index in [0.717, 1.165) is 24.5 Å². The first-order valence-electron chi connectivity index (χ1n) is 5.61. The summed E-state index contributed by atoms with van der Waals surface area (Å²) >= 11 is 11.8. The Bertz CT molecular complexity index is 409. The normalized spacial score (nSPS) is 19.4. The third-order valence-electron chi connectivity index (χ3n) is 2.81. The molecule has 0 saturated carbocycles. The molecule has 5 heteroatoms. The number of hydrogen-bond donors (Lipinski definition) is 0. The summed E-state index contributed by atoms with van der Waals surface area (Å²) in [4.78, 5) is 6.56. The van der Waals surface area contributed by atoms with Crippen LogP contribution in [0.25, 0.3) is 0 Å². The van der Waals surface area contributed by atoms with Crippen molar-refractivity contribution >= 4 is 29.0 Å². The van der Waals surface area contributed by atoms with Gasteiger partial charge in [0.05, 0.1) is 17.2 Å². The van der Waals surface area contributed by atoms with Crippen molar-refractivity contribution < 1.29 is 4.74 Å². The Morgan fingerprint density at radius 1 is 1.53 bits per heavy atom. The largest absolute Gasteiger partial charge is 0.372 e. The second kappa shape index (κ2) is 5.01. The van der Waals surface area contributed by atoms with Crippen LogP contribution in [-0.2, 0) is 10.6 Å². The van der Waals surface area contributed by atoms with Crippen molar-refractivity contribution in [1.82, 2.24) is 4.98 Å². The summed E-state index contributed by atoms with van der Waals surface area (Å²) in [6.07, 6.45) is 1.66. The number of morpholine rings is 1. The van der Waals surface area contributed by atoms with E-state index >= 15 is 0 Å². The van der Waals surface area contributed by atoms with Crippen LogP contribution in [0.3, 0.4) is 0 Å². The van der Waals surface area contributed by atoms with Crippen LogP contribution in [0.15, 0.2) is 12.3 Å². The van der Waals surface area contributed by atoms with Crippen molar-refractivity contribution in [2.75, 3.05) is 24.6 Å². The number of alkyl halides is 1. The molecule has 0 bridgehead atoms. The molecule has 0 aromatic carbocycles. The minimum absolute atomic E-state index is 0.138. The van der Waals surface area contributed by atoms with E-state index < -0.39 is 0 Å². The lowest BCUT2D eigenvalue weighted by Crippen LogP contribution is -2.48. The molecule has 2 rings (SSSR count). The molecule has 17 heavy (non-hydrogen) atoms. The summed E-state index contributed by atoms with van der Waals surface area (Å²) in [6.45, 7) is 6.55. The highest BCUT2D eigenvalue weighted by atomic mass is 35.5. The van der Waals surface area contributed by atoms with Crippen LogP contribution in [0.4, 0.5) is 5.82 Å². The van der Waals surface area contributed by atoms with Gasteiger partial charge in [-0.25, -0.2) is 4.98 Å². The average Bonchev–Trinajstić information content (AvgIpc) is 2.28.